The fraction of sp³-hybridized carbons (Fsp3) is 0.208. The van der Waals surface area contributed by atoms with Crippen LogP contribution in [-0.2, 0) is 12.8 Å². The van der Waals surface area contributed by atoms with E-state index in [4.69, 9.17) is 15.5 Å². The summed E-state index contributed by atoms with van der Waals surface area (Å²) < 4.78 is 5.29. The number of rotatable bonds is 6. The first-order valence-electron chi connectivity index (χ1n) is 10.4. The van der Waals surface area contributed by atoms with E-state index in [0.29, 0.717) is 18.9 Å². The molecule has 1 atom stereocenters. The molecule has 4 aromatic rings. The number of aliphatic imine (C=N–C) groups is 1. The molecule has 6 N–H and O–H groups in total. The summed E-state index contributed by atoms with van der Waals surface area (Å²) in [6.45, 7) is 0.646. The highest BCUT2D eigenvalue weighted by molar-refractivity contribution is 5.85. The van der Waals surface area contributed by atoms with E-state index < -0.39 is 5.66 Å². The summed E-state index contributed by atoms with van der Waals surface area (Å²) in [6, 6.07) is 14.5. The van der Waals surface area contributed by atoms with Gasteiger partial charge in [0.2, 0.25) is 0 Å². The second-order valence-corrected chi connectivity index (χ2v) is 7.92. The Morgan fingerprint density at radius 2 is 2.00 bits per heavy atom. The molecule has 7 nitrogen and oxygen atoms in total. The fourth-order valence-corrected chi connectivity index (χ4v) is 4.09. The Kier molecular flexibility index (Phi) is 4.88. The molecular weight excluding hydrogens is 388 g/mol. The molecule has 0 saturated heterocycles. The number of nitrogens with two attached hydrogens (primary N) is 1. The summed E-state index contributed by atoms with van der Waals surface area (Å²) in [5.74, 6) is 1.53. The van der Waals surface area contributed by atoms with E-state index in [9.17, 15) is 0 Å². The van der Waals surface area contributed by atoms with Crippen LogP contribution < -0.4 is 21.1 Å². The molecule has 0 amide bonds. The Balaban J connectivity index is 1.25. The molecule has 31 heavy (non-hydrogen) atoms. The van der Waals surface area contributed by atoms with E-state index in [0.717, 1.165) is 23.2 Å². The number of aromatic amines is 2. The van der Waals surface area contributed by atoms with E-state index in [1.165, 1.54) is 21.9 Å². The molecule has 2 aromatic carbocycles. The van der Waals surface area contributed by atoms with Crippen molar-refractivity contribution in [1.82, 2.24) is 20.6 Å². The molecule has 0 saturated carbocycles. The van der Waals surface area contributed by atoms with Gasteiger partial charge in [0, 0.05) is 54.0 Å². The molecule has 0 aliphatic carbocycles. The SMILES string of the molecule is COc1ccc2c(CCN=C3NC=CC(N)(Cc4ccc5[nH]ccc5c4)N3)c[nH]c2c1. The minimum absolute atomic E-state index is 0.646. The molecule has 0 spiro atoms. The smallest absolute Gasteiger partial charge is 0.197 e. The molecule has 1 unspecified atom stereocenters. The van der Waals surface area contributed by atoms with Gasteiger partial charge in [0.1, 0.15) is 11.4 Å². The number of benzene rings is 2. The third-order valence-electron chi connectivity index (χ3n) is 5.69. The van der Waals surface area contributed by atoms with E-state index in [1.807, 2.05) is 36.8 Å². The van der Waals surface area contributed by atoms with Crippen molar-refractivity contribution in [2.45, 2.75) is 18.5 Å². The Morgan fingerprint density at radius 1 is 1.06 bits per heavy atom. The van der Waals surface area contributed by atoms with E-state index >= 15 is 0 Å². The van der Waals surface area contributed by atoms with Crippen LogP contribution in [0.5, 0.6) is 5.75 Å². The molecule has 1 aliphatic rings. The number of ether oxygens (including phenoxy) is 1. The van der Waals surface area contributed by atoms with Gasteiger partial charge >= 0.3 is 0 Å². The molecule has 5 rings (SSSR count). The minimum atomic E-state index is -0.689. The van der Waals surface area contributed by atoms with Gasteiger partial charge in [-0.25, -0.2) is 0 Å². The number of nitrogens with zero attached hydrogens (tertiary/aromatic N) is 1. The maximum Gasteiger partial charge on any atom is 0.197 e. The summed E-state index contributed by atoms with van der Waals surface area (Å²) in [7, 11) is 1.68. The Hall–Kier alpha value is -3.71. The fourth-order valence-electron chi connectivity index (χ4n) is 4.09. The van der Waals surface area contributed by atoms with Gasteiger partial charge in [0.15, 0.2) is 5.96 Å². The van der Waals surface area contributed by atoms with Crippen molar-refractivity contribution < 1.29 is 4.74 Å². The van der Waals surface area contributed by atoms with E-state index in [1.54, 1.807) is 7.11 Å². The highest BCUT2D eigenvalue weighted by Gasteiger charge is 2.26. The van der Waals surface area contributed by atoms with Crippen LogP contribution in [-0.4, -0.2) is 35.2 Å². The molecule has 3 heterocycles. The van der Waals surface area contributed by atoms with Crippen molar-refractivity contribution >= 4 is 27.8 Å². The van der Waals surface area contributed by atoms with Crippen molar-refractivity contribution in [3.63, 3.8) is 0 Å². The zero-order chi connectivity index (χ0) is 21.3. The topological polar surface area (TPSA) is 103 Å². The zero-order valence-corrected chi connectivity index (χ0v) is 17.4. The molecule has 0 radical (unpaired) electrons. The molecule has 1 aliphatic heterocycles. The highest BCUT2D eigenvalue weighted by atomic mass is 16.5. The summed E-state index contributed by atoms with van der Waals surface area (Å²) in [5.41, 5.74) is 10.5. The average molecular weight is 415 g/mol. The summed E-state index contributed by atoms with van der Waals surface area (Å²) >= 11 is 0. The standard InChI is InChI=1S/C24H26N6O/c1-31-19-3-4-20-18(15-29-22(20)13-19)7-10-27-23-28-11-8-24(25,30-23)14-16-2-5-21-17(12-16)6-9-26-21/h2-6,8-9,11-13,15,26,29H,7,10,14,25H2,1H3,(H2,27,28,30). The van der Waals surface area contributed by atoms with Crippen LogP contribution in [0.2, 0.25) is 0 Å². The van der Waals surface area contributed by atoms with E-state index in [-0.39, 0.29) is 0 Å². The third-order valence-corrected chi connectivity index (χ3v) is 5.69. The molecule has 158 valence electrons. The predicted octanol–water partition coefficient (Wildman–Crippen LogP) is 3.16. The number of guanidine groups is 1. The lowest BCUT2D eigenvalue weighted by Crippen LogP contribution is -2.61. The molecular formula is C24H26N6O. The molecule has 7 heteroatoms. The van der Waals surface area contributed by atoms with Gasteiger partial charge < -0.3 is 31.1 Å². The number of nitrogens with one attached hydrogen (secondary N) is 4. The van der Waals surface area contributed by atoms with Crippen LogP contribution >= 0.6 is 0 Å². The van der Waals surface area contributed by atoms with Gasteiger partial charge in [-0.1, -0.05) is 6.07 Å². The van der Waals surface area contributed by atoms with Crippen LogP contribution in [0.15, 0.2) is 72.1 Å². The van der Waals surface area contributed by atoms with Gasteiger partial charge in [-0.15, -0.1) is 0 Å². The van der Waals surface area contributed by atoms with Crippen molar-refractivity contribution in [1.29, 1.82) is 0 Å². The van der Waals surface area contributed by atoms with Crippen LogP contribution in [0.1, 0.15) is 11.1 Å². The molecule has 0 bridgehead atoms. The lowest BCUT2D eigenvalue weighted by Gasteiger charge is -2.32. The normalized spacial score (nSPS) is 19.6. The van der Waals surface area contributed by atoms with Crippen molar-refractivity contribution in [2.24, 2.45) is 10.7 Å². The quantitative estimate of drug-likeness (QED) is 0.334. The first-order chi connectivity index (χ1) is 15.1. The number of aromatic nitrogens is 2. The molecule has 2 aromatic heterocycles. The van der Waals surface area contributed by atoms with Gasteiger partial charge in [0.25, 0.3) is 0 Å². The van der Waals surface area contributed by atoms with Crippen LogP contribution in [0.3, 0.4) is 0 Å². The Morgan fingerprint density at radius 3 is 2.90 bits per heavy atom. The monoisotopic (exact) mass is 414 g/mol. The Bertz CT molecular complexity index is 1280. The first-order valence-corrected chi connectivity index (χ1v) is 10.4. The van der Waals surface area contributed by atoms with Gasteiger partial charge in [-0.3, -0.25) is 4.99 Å². The van der Waals surface area contributed by atoms with Crippen molar-refractivity contribution in [3.05, 3.63) is 78.3 Å². The van der Waals surface area contributed by atoms with Crippen molar-refractivity contribution in [3.8, 4) is 5.75 Å². The first kappa shape index (κ1) is 19.3. The lowest BCUT2D eigenvalue weighted by molar-refractivity contribution is 0.415. The van der Waals surface area contributed by atoms with Gasteiger partial charge in [-0.05, 0) is 59.3 Å². The largest absolute Gasteiger partial charge is 0.497 e. The van der Waals surface area contributed by atoms with Crippen LogP contribution in [0.4, 0.5) is 0 Å². The second kappa shape index (κ2) is 7.85. The van der Waals surface area contributed by atoms with E-state index in [2.05, 4.69) is 50.9 Å². The maximum atomic E-state index is 6.63. The number of fused-ring (bicyclic) bond motifs is 2. The Labute approximate surface area is 180 Å². The van der Waals surface area contributed by atoms with Crippen LogP contribution in [0.25, 0.3) is 21.8 Å². The van der Waals surface area contributed by atoms with Gasteiger partial charge in [0.05, 0.1) is 7.11 Å². The predicted molar refractivity (Wildman–Crippen MR) is 125 cm³/mol. The van der Waals surface area contributed by atoms with Crippen molar-refractivity contribution in [2.75, 3.05) is 13.7 Å². The maximum absolute atomic E-state index is 6.63. The second-order valence-electron chi connectivity index (χ2n) is 7.92. The highest BCUT2D eigenvalue weighted by Crippen LogP contribution is 2.23. The number of hydrogen-bond acceptors (Lipinski definition) is 3. The number of H-pyrrole nitrogens is 2. The summed E-state index contributed by atoms with van der Waals surface area (Å²) in [5, 5.41) is 8.89. The van der Waals surface area contributed by atoms with Crippen LogP contribution in [0, 0.1) is 0 Å². The zero-order valence-electron chi connectivity index (χ0n) is 17.4. The lowest BCUT2D eigenvalue weighted by atomic mass is 9.98. The summed E-state index contributed by atoms with van der Waals surface area (Å²) in [6.07, 6.45) is 9.28. The minimum Gasteiger partial charge on any atom is -0.497 e. The number of hydrogen-bond donors (Lipinski definition) is 5. The van der Waals surface area contributed by atoms with Gasteiger partial charge in [-0.2, -0.15) is 0 Å². The summed E-state index contributed by atoms with van der Waals surface area (Å²) in [4.78, 5) is 11.2. The number of methoxy groups -OCH3 is 1. The average Bonchev–Trinajstić information content (AvgIpc) is 3.39. The molecule has 0 fully saturated rings. The third kappa shape index (κ3) is 4.00.